The molecule has 0 heterocycles. The molecule has 0 radical (unpaired) electrons. The molecule has 0 aromatic heterocycles. The molecule has 104 valence electrons. The van der Waals surface area contributed by atoms with Crippen molar-refractivity contribution in [3.8, 4) is 6.07 Å². The standard InChI is InChI=1S/C19H17NO/c1-13(21)15-8-9-18-16(12-15)7-6-14-4-2-3-5-17(14)19(18)10-11-20/h2-5,8-10,12-13,21H,6-7H2,1H3. The molecular weight excluding hydrogens is 258 g/mol. The lowest BCUT2D eigenvalue weighted by Gasteiger charge is -2.13. The van der Waals surface area contributed by atoms with E-state index >= 15 is 0 Å². The molecule has 1 aliphatic rings. The number of fused-ring (bicyclic) bond motifs is 2. The Morgan fingerprint density at radius 2 is 1.81 bits per heavy atom. The predicted molar refractivity (Wildman–Crippen MR) is 83.6 cm³/mol. The van der Waals surface area contributed by atoms with Gasteiger partial charge in [0.25, 0.3) is 0 Å². The Labute approximate surface area is 125 Å². The molecule has 0 aliphatic heterocycles. The minimum atomic E-state index is -0.468. The zero-order valence-electron chi connectivity index (χ0n) is 12.0. The lowest BCUT2D eigenvalue weighted by atomic mass is 9.92. The topological polar surface area (TPSA) is 44.0 Å². The first-order chi connectivity index (χ1) is 10.2. The van der Waals surface area contributed by atoms with Crippen LogP contribution in [0.2, 0.25) is 0 Å². The normalized spacial score (nSPS) is 16.5. The highest BCUT2D eigenvalue weighted by atomic mass is 16.3. The summed E-state index contributed by atoms with van der Waals surface area (Å²) >= 11 is 0. The van der Waals surface area contributed by atoms with Gasteiger partial charge >= 0.3 is 0 Å². The van der Waals surface area contributed by atoms with Crippen molar-refractivity contribution < 1.29 is 5.11 Å². The van der Waals surface area contributed by atoms with Crippen molar-refractivity contribution in [1.82, 2.24) is 0 Å². The first-order valence-electron chi connectivity index (χ1n) is 7.20. The molecule has 1 unspecified atom stereocenters. The molecule has 21 heavy (non-hydrogen) atoms. The summed E-state index contributed by atoms with van der Waals surface area (Å²) in [5, 5.41) is 18.9. The average Bonchev–Trinajstić information content (AvgIpc) is 2.65. The molecule has 1 aliphatic carbocycles. The number of nitrogens with zero attached hydrogens (tertiary/aromatic N) is 1. The van der Waals surface area contributed by atoms with Gasteiger partial charge < -0.3 is 5.11 Å². The Hall–Kier alpha value is -2.37. The van der Waals surface area contributed by atoms with E-state index in [4.69, 9.17) is 5.26 Å². The number of nitriles is 1. The highest BCUT2D eigenvalue weighted by Crippen LogP contribution is 2.34. The van der Waals surface area contributed by atoms with Gasteiger partial charge in [-0.15, -0.1) is 0 Å². The van der Waals surface area contributed by atoms with Gasteiger partial charge in [-0.1, -0.05) is 42.5 Å². The van der Waals surface area contributed by atoms with Crippen LogP contribution in [0.4, 0.5) is 0 Å². The Kier molecular flexibility index (Phi) is 3.60. The van der Waals surface area contributed by atoms with Crippen LogP contribution in [-0.2, 0) is 12.8 Å². The van der Waals surface area contributed by atoms with E-state index in [9.17, 15) is 5.11 Å². The summed E-state index contributed by atoms with van der Waals surface area (Å²) in [4.78, 5) is 0. The smallest absolute Gasteiger partial charge is 0.0918 e. The van der Waals surface area contributed by atoms with Crippen molar-refractivity contribution in [1.29, 1.82) is 5.26 Å². The molecule has 0 amide bonds. The molecule has 0 bridgehead atoms. The maximum absolute atomic E-state index is 9.77. The lowest BCUT2D eigenvalue weighted by Crippen LogP contribution is -1.97. The minimum Gasteiger partial charge on any atom is -0.389 e. The summed E-state index contributed by atoms with van der Waals surface area (Å²) in [5.41, 5.74) is 6.63. The van der Waals surface area contributed by atoms with Crippen molar-refractivity contribution in [3.63, 3.8) is 0 Å². The number of hydrogen-bond donors (Lipinski definition) is 1. The summed E-state index contributed by atoms with van der Waals surface area (Å²) in [6, 6.07) is 16.5. The molecule has 2 aromatic carbocycles. The number of hydrogen-bond acceptors (Lipinski definition) is 2. The number of aliphatic hydroxyl groups is 1. The Morgan fingerprint density at radius 1 is 1.10 bits per heavy atom. The van der Waals surface area contributed by atoms with E-state index in [1.54, 1.807) is 13.0 Å². The van der Waals surface area contributed by atoms with Crippen LogP contribution in [0.1, 0.15) is 40.8 Å². The molecule has 2 aromatic rings. The second-order valence-electron chi connectivity index (χ2n) is 5.44. The number of rotatable bonds is 1. The monoisotopic (exact) mass is 275 g/mol. The van der Waals surface area contributed by atoms with Crippen LogP contribution in [0.15, 0.2) is 48.5 Å². The molecular formula is C19H17NO. The maximum atomic E-state index is 9.77. The summed E-state index contributed by atoms with van der Waals surface area (Å²) in [6.07, 6.45) is 3.04. The SMILES string of the molecule is CC(O)c1ccc2c(c1)CCc1ccccc1C2=CC#N. The summed E-state index contributed by atoms with van der Waals surface area (Å²) in [7, 11) is 0. The van der Waals surface area contributed by atoms with Gasteiger partial charge in [0.2, 0.25) is 0 Å². The van der Waals surface area contributed by atoms with Crippen LogP contribution in [0.3, 0.4) is 0 Å². The number of aryl methyl sites for hydroxylation is 2. The van der Waals surface area contributed by atoms with Gasteiger partial charge in [0.15, 0.2) is 0 Å². The van der Waals surface area contributed by atoms with Crippen LogP contribution >= 0.6 is 0 Å². The van der Waals surface area contributed by atoms with E-state index in [2.05, 4.69) is 24.3 Å². The van der Waals surface area contributed by atoms with Crippen molar-refractivity contribution in [2.45, 2.75) is 25.9 Å². The van der Waals surface area contributed by atoms with Crippen molar-refractivity contribution in [2.24, 2.45) is 0 Å². The predicted octanol–water partition coefficient (Wildman–Crippen LogP) is 3.79. The van der Waals surface area contributed by atoms with Gasteiger partial charge in [-0.2, -0.15) is 5.26 Å². The molecule has 2 heteroatoms. The van der Waals surface area contributed by atoms with Crippen LogP contribution in [0.5, 0.6) is 0 Å². The fraction of sp³-hybridized carbons (Fsp3) is 0.211. The third-order valence-electron chi connectivity index (χ3n) is 4.08. The number of benzene rings is 2. The van der Waals surface area contributed by atoms with E-state index in [1.807, 2.05) is 24.3 Å². The average molecular weight is 275 g/mol. The van der Waals surface area contributed by atoms with E-state index in [1.165, 1.54) is 11.1 Å². The van der Waals surface area contributed by atoms with E-state index in [0.717, 1.165) is 35.1 Å². The largest absolute Gasteiger partial charge is 0.389 e. The molecule has 3 rings (SSSR count). The molecule has 0 fully saturated rings. The number of allylic oxidation sites excluding steroid dienone is 1. The van der Waals surface area contributed by atoms with Crippen LogP contribution in [-0.4, -0.2) is 5.11 Å². The quantitative estimate of drug-likeness (QED) is 0.805. The maximum Gasteiger partial charge on any atom is 0.0918 e. The first kappa shape index (κ1) is 13.6. The fourth-order valence-corrected chi connectivity index (χ4v) is 2.98. The van der Waals surface area contributed by atoms with Crippen LogP contribution in [0, 0.1) is 11.3 Å². The van der Waals surface area contributed by atoms with Gasteiger partial charge in [-0.3, -0.25) is 0 Å². The van der Waals surface area contributed by atoms with Crippen LogP contribution in [0.25, 0.3) is 5.57 Å². The molecule has 1 N–H and O–H groups in total. The minimum absolute atomic E-state index is 0.468. The van der Waals surface area contributed by atoms with E-state index in [0.29, 0.717) is 0 Å². The van der Waals surface area contributed by atoms with Crippen molar-refractivity contribution in [2.75, 3.05) is 0 Å². The van der Waals surface area contributed by atoms with Crippen LogP contribution < -0.4 is 0 Å². The first-order valence-corrected chi connectivity index (χ1v) is 7.20. The molecule has 0 saturated carbocycles. The summed E-state index contributed by atoms with van der Waals surface area (Å²) < 4.78 is 0. The van der Waals surface area contributed by atoms with Gasteiger partial charge in [0.1, 0.15) is 0 Å². The third-order valence-corrected chi connectivity index (χ3v) is 4.08. The highest BCUT2D eigenvalue weighted by molar-refractivity contribution is 5.85. The highest BCUT2D eigenvalue weighted by Gasteiger charge is 2.18. The zero-order valence-corrected chi connectivity index (χ0v) is 12.0. The van der Waals surface area contributed by atoms with Crippen molar-refractivity contribution in [3.05, 3.63) is 76.4 Å². The van der Waals surface area contributed by atoms with Crippen molar-refractivity contribution >= 4 is 5.57 Å². The van der Waals surface area contributed by atoms with E-state index in [-0.39, 0.29) is 0 Å². The Balaban J connectivity index is 2.21. The molecule has 0 spiro atoms. The second kappa shape index (κ2) is 5.55. The fourth-order valence-electron chi connectivity index (χ4n) is 2.98. The van der Waals surface area contributed by atoms with Gasteiger partial charge in [-0.05, 0) is 53.2 Å². The molecule has 1 atom stereocenters. The van der Waals surface area contributed by atoms with Gasteiger partial charge in [0, 0.05) is 6.08 Å². The Bertz CT molecular complexity index is 750. The molecule has 2 nitrogen and oxygen atoms in total. The van der Waals surface area contributed by atoms with Gasteiger partial charge in [-0.25, -0.2) is 0 Å². The second-order valence-corrected chi connectivity index (χ2v) is 5.44. The molecule has 0 saturated heterocycles. The number of aliphatic hydroxyl groups excluding tert-OH is 1. The Morgan fingerprint density at radius 3 is 2.57 bits per heavy atom. The zero-order chi connectivity index (χ0) is 14.8. The third kappa shape index (κ3) is 2.49. The summed E-state index contributed by atoms with van der Waals surface area (Å²) in [6.45, 7) is 1.78. The van der Waals surface area contributed by atoms with Gasteiger partial charge in [0.05, 0.1) is 12.2 Å². The van der Waals surface area contributed by atoms with E-state index < -0.39 is 6.10 Å². The lowest BCUT2D eigenvalue weighted by molar-refractivity contribution is 0.199. The summed E-state index contributed by atoms with van der Waals surface area (Å²) in [5.74, 6) is 0.